The molecule has 82 valence electrons. The smallest absolute Gasteiger partial charge is 0.326 e. The first kappa shape index (κ1) is 11.4. The van der Waals surface area contributed by atoms with Crippen molar-refractivity contribution < 1.29 is 18.1 Å². The molecule has 0 bridgehead atoms. The minimum absolute atomic E-state index is 0.238. The maximum Gasteiger partial charge on any atom is 0.333 e. The fourth-order valence-electron chi connectivity index (χ4n) is 1.11. The van der Waals surface area contributed by atoms with Crippen LogP contribution in [0, 0.1) is 16.1 Å². The molecule has 1 aromatic heterocycles. The third kappa shape index (κ3) is 2.04. The molecule has 2 N–H and O–H groups in total. The molecule has 1 heterocycles. The second kappa shape index (κ2) is 4.22. The third-order valence-corrected chi connectivity index (χ3v) is 1.75. The Kier molecular flexibility index (Phi) is 3.20. The van der Waals surface area contributed by atoms with Gasteiger partial charge in [0.1, 0.15) is 5.56 Å². The maximum atomic E-state index is 12.9. The Labute approximate surface area is 81.9 Å². The van der Waals surface area contributed by atoms with Gasteiger partial charge in [-0.3, -0.25) is 10.1 Å². The SMILES string of the molecule is NCc1cnc(F)c([N+](=O)[O-])c1C(F)F. The van der Waals surface area contributed by atoms with Gasteiger partial charge in [0.15, 0.2) is 0 Å². The molecule has 0 unspecified atom stereocenters. The van der Waals surface area contributed by atoms with Crippen LogP contribution in [0.4, 0.5) is 18.9 Å². The summed E-state index contributed by atoms with van der Waals surface area (Å²) >= 11 is 0. The monoisotopic (exact) mass is 221 g/mol. The summed E-state index contributed by atoms with van der Waals surface area (Å²) in [6, 6.07) is 0. The van der Waals surface area contributed by atoms with E-state index < -0.39 is 28.5 Å². The predicted molar refractivity (Wildman–Crippen MR) is 43.7 cm³/mol. The first-order valence-corrected chi connectivity index (χ1v) is 3.79. The topological polar surface area (TPSA) is 82.0 Å². The minimum Gasteiger partial charge on any atom is -0.326 e. The average Bonchev–Trinajstić information content (AvgIpc) is 2.16. The standard InChI is InChI=1S/C7H6F3N3O2/c8-6(9)4-3(1-11)2-12-7(10)5(4)13(14)15/h2,6H,1,11H2. The van der Waals surface area contributed by atoms with Gasteiger partial charge in [-0.15, -0.1) is 0 Å². The second-order valence-corrected chi connectivity index (χ2v) is 2.60. The zero-order chi connectivity index (χ0) is 11.6. The molecule has 1 aromatic rings. The van der Waals surface area contributed by atoms with Crippen molar-refractivity contribution in [3.05, 3.63) is 33.4 Å². The average molecular weight is 221 g/mol. The molecule has 5 nitrogen and oxygen atoms in total. The van der Waals surface area contributed by atoms with Crippen LogP contribution in [0.5, 0.6) is 0 Å². The van der Waals surface area contributed by atoms with Crippen LogP contribution < -0.4 is 5.73 Å². The molecule has 0 saturated carbocycles. The lowest BCUT2D eigenvalue weighted by Gasteiger charge is -2.06. The van der Waals surface area contributed by atoms with Crippen LogP contribution in [0.15, 0.2) is 6.20 Å². The number of rotatable bonds is 3. The Balaban J connectivity index is 3.51. The van der Waals surface area contributed by atoms with Crippen LogP contribution in [0.2, 0.25) is 0 Å². The van der Waals surface area contributed by atoms with Gasteiger partial charge in [0.05, 0.1) is 4.92 Å². The van der Waals surface area contributed by atoms with Crippen molar-refractivity contribution in [1.29, 1.82) is 0 Å². The van der Waals surface area contributed by atoms with Crippen molar-refractivity contribution in [2.45, 2.75) is 13.0 Å². The van der Waals surface area contributed by atoms with Gasteiger partial charge in [-0.1, -0.05) is 0 Å². The predicted octanol–water partition coefficient (Wildman–Crippen LogP) is 1.53. The normalized spacial score (nSPS) is 10.7. The fraction of sp³-hybridized carbons (Fsp3) is 0.286. The molecule has 8 heteroatoms. The maximum absolute atomic E-state index is 12.9. The van der Waals surface area contributed by atoms with Crippen molar-refractivity contribution >= 4 is 5.69 Å². The number of pyridine rings is 1. The zero-order valence-electron chi connectivity index (χ0n) is 7.28. The number of nitrogens with zero attached hydrogens (tertiary/aromatic N) is 2. The highest BCUT2D eigenvalue weighted by molar-refractivity contribution is 5.44. The molecular formula is C7H6F3N3O2. The van der Waals surface area contributed by atoms with Crippen LogP contribution in [0.1, 0.15) is 17.6 Å². The van der Waals surface area contributed by atoms with E-state index in [2.05, 4.69) is 4.98 Å². The van der Waals surface area contributed by atoms with Crippen LogP contribution in [0.3, 0.4) is 0 Å². The van der Waals surface area contributed by atoms with Crippen LogP contribution in [-0.4, -0.2) is 9.91 Å². The lowest BCUT2D eigenvalue weighted by Crippen LogP contribution is -2.09. The van der Waals surface area contributed by atoms with E-state index in [-0.39, 0.29) is 12.1 Å². The first-order valence-electron chi connectivity index (χ1n) is 3.79. The van der Waals surface area contributed by atoms with E-state index in [0.717, 1.165) is 6.20 Å². The second-order valence-electron chi connectivity index (χ2n) is 2.60. The Bertz CT molecular complexity index is 397. The summed E-state index contributed by atoms with van der Waals surface area (Å²) in [6.07, 6.45) is -2.40. The van der Waals surface area contributed by atoms with E-state index in [1.807, 2.05) is 0 Å². The highest BCUT2D eigenvalue weighted by Gasteiger charge is 2.30. The van der Waals surface area contributed by atoms with Gasteiger partial charge in [-0.05, 0) is 0 Å². The number of halogens is 3. The number of nitro groups is 1. The fourth-order valence-corrected chi connectivity index (χ4v) is 1.11. The van der Waals surface area contributed by atoms with Crippen molar-refractivity contribution in [2.75, 3.05) is 0 Å². The van der Waals surface area contributed by atoms with Crippen molar-refractivity contribution in [3.63, 3.8) is 0 Å². The van der Waals surface area contributed by atoms with E-state index in [9.17, 15) is 23.3 Å². The lowest BCUT2D eigenvalue weighted by atomic mass is 10.1. The van der Waals surface area contributed by atoms with Gasteiger partial charge in [0.2, 0.25) is 0 Å². The number of hydrogen-bond acceptors (Lipinski definition) is 4. The molecule has 0 atom stereocenters. The number of alkyl halides is 2. The number of hydrogen-bond donors (Lipinski definition) is 1. The van der Waals surface area contributed by atoms with Crippen LogP contribution in [0.25, 0.3) is 0 Å². The molecule has 0 aromatic carbocycles. The van der Waals surface area contributed by atoms with Gasteiger partial charge in [0, 0.05) is 18.3 Å². The zero-order valence-corrected chi connectivity index (χ0v) is 7.28. The molecule has 0 saturated heterocycles. The molecule has 0 aliphatic heterocycles. The Hall–Kier alpha value is -1.70. The highest BCUT2D eigenvalue weighted by atomic mass is 19.3. The molecule has 15 heavy (non-hydrogen) atoms. The molecule has 0 fully saturated rings. The quantitative estimate of drug-likeness (QED) is 0.476. The molecule has 0 aliphatic rings. The van der Waals surface area contributed by atoms with E-state index in [1.54, 1.807) is 0 Å². The Morgan fingerprint density at radius 1 is 1.60 bits per heavy atom. The van der Waals surface area contributed by atoms with Gasteiger partial charge in [-0.2, -0.15) is 4.39 Å². The third-order valence-electron chi connectivity index (χ3n) is 1.75. The van der Waals surface area contributed by atoms with Crippen molar-refractivity contribution in [3.8, 4) is 0 Å². The molecule has 0 aliphatic carbocycles. The summed E-state index contributed by atoms with van der Waals surface area (Å²) < 4.78 is 37.8. The van der Waals surface area contributed by atoms with Crippen LogP contribution in [-0.2, 0) is 6.54 Å². The minimum atomic E-state index is -3.17. The van der Waals surface area contributed by atoms with Crippen molar-refractivity contribution in [2.24, 2.45) is 5.73 Å². The Morgan fingerprint density at radius 2 is 2.20 bits per heavy atom. The Morgan fingerprint density at radius 3 is 2.60 bits per heavy atom. The van der Waals surface area contributed by atoms with E-state index >= 15 is 0 Å². The molecule has 0 spiro atoms. The molecule has 0 amide bonds. The van der Waals surface area contributed by atoms with Gasteiger partial charge >= 0.3 is 5.69 Å². The molecule has 1 rings (SSSR count). The van der Waals surface area contributed by atoms with Gasteiger partial charge in [-0.25, -0.2) is 13.8 Å². The van der Waals surface area contributed by atoms with Crippen molar-refractivity contribution in [1.82, 2.24) is 4.98 Å². The van der Waals surface area contributed by atoms with Crippen LogP contribution >= 0.6 is 0 Å². The lowest BCUT2D eigenvalue weighted by molar-refractivity contribution is -0.389. The number of nitrogens with two attached hydrogens (primary N) is 1. The largest absolute Gasteiger partial charge is 0.333 e. The van der Waals surface area contributed by atoms with E-state index in [4.69, 9.17) is 5.73 Å². The highest BCUT2D eigenvalue weighted by Crippen LogP contribution is 2.32. The summed E-state index contributed by atoms with van der Waals surface area (Å²) in [4.78, 5) is 12.1. The van der Waals surface area contributed by atoms with E-state index in [0.29, 0.717) is 0 Å². The summed E-state index contributed by atoms with van der Waals surface area (Å²) in [5.74, 6) is -1.53. The summed E-state index contributed by atoms with van der Waals surface area (Å²) in [5.41, 5.74) is 2.53. The number of aromatic nitrogens is 1. The first-order chi connectivity index (χ1) is 6.99. The van der Waals surface area contributed by atoms with Gasteiger partial charge in [0.25, 0.3) is 12.4 Å². The molecular weight excluding hydrogens is 215 g/mol. The molecule has 0 radical (unpaired) electrons. The van der Waals surface area contributed by atoms with E-state index in [1.165, 1.54) is 0 Å². The summed E-state index contributed by atoms with van der Waals surface area (Å²) in [5, 5.41) is 10.4. The summed E-state index contributed by atoms with van der Waals surface area (Å²) in [6.45, 7) is -0.367. The van der Waals surface area contributed by atoms with Gasteiger partial charge < -0.3 is 5.73 Å². The summed E-state index contributed by atoms with van der Waals surface area (Å²) in [7, 11) is 0.